The van der Waals surface area contributed by atoms with Gasteiger partial charge in [-0.1, -0.05) is 119 Å². The van der Waals surface area contributed by atoms with Crippen LogP contribution in [0.25, 0.3) is 0 Å². The van der Waals surface area contributed by atoms with Crippen LogP contribution in [0.15, 0.2) is 221 Å². The van der Waals surface area contributed by atoms with Crippen LogP contribution in [0.1, 0.15) is 64.2 Å². The molecule has 4 heterocycles. The van der Waals surface area contributed by atoms with E-state index in [0.29, 0.717) is 62.5 Å². The number of carbonyl (C=O) groups excluding carboxylic acids is 2. The Morgan fingerprint density at radius 1 is 0.436 bits per heavy atom. The quantitative estimate of drug-likeness (QED) is 0.0702. The van der Waals surface area contributed by atoms with Crippen molar-refractivity contribution in [2.24, 2.45) is 33.7 Å². The molecule has 0 spiro atoms. The summed E-state index contributed by atoms with van der Waals surface area (Å²) in [6, 6.07) is 41.4. The molecule has 2 saturated heterocycles. The molecule has 78 heavy (non-hydrogen) atoms. The van der Waals surface area contributed by atoms with Crippen molar-refractivity contribution in [3.05, 3.63) is 211 Å². The van der Waals surface area contributed by atoms with Gasteiger partial charge >= 0.3 is 0 Å². The number of benzene rings is 4. The third-order valence-corrected chi connectivity index (χ3v) is 18.3. The zero-order valence-corrected chi connectivity index (χ0v) is 46.9. The van der Waals surface area contributed by atoms with Gasteiger partial charge in [0.2, 0.25) is 0 Å². The number of nitrogens with zero attached hydrogens (tertiary/aromatic N) is 4. The van der Waals surface area contributed by atoms with Gasteiger partial charge in [0.25, 0.3) is 0 Å². The summed E-state index contributed by atoms with van der Waals surface area (Å²) < 4.78 is 0. The maximum atomic E-state index is 10.9. The van der Waals surface area contributed by atoms with Gasteiger partial charge in [-0.3, -0.25) is 29.4 Å². The van der Waals surface area contributed by atoms with E-state index in [4.69, 9.17) is 56.6 Å². The van der Waals surface area contributed by atoms with E-state index in [2.05, 4.69) is 74.1 Å². The highest BCUT2D eigenvalue weighted by molar-refractivity contribution is 6.35. The van der Waals surface area contributed by atoms with Crippen molar-refractivity contribution in [2.75, 3.05) is 24.7 Å². The van der Waals surface area contributed by atoms with E-state index in [1.54, 1.807) is 0 Å². The molecule has 8 unspecified atom stereocenters. The number of aliphatic hydroxyl groups is 2. The molecule has 12 rings (SSSR count). The Morgan fingerprint density at radius 3 is 1.31 bits per heavy atom. The number of allylic oxidation sites excluding steroid dienone is 6. The summed E-state index contributed by atoms with van der Waals surface area (Å²) >= 11 is 25.7. The van der Waals surface area contributed by atoms with Gasteiger partial charge in [0.1, 0.15) is 12.6 Å². The average molecular weight is 1130 g/mol. The van der Waals surface area contributed by atoms with Crippen molar-refractivity contribution < 1.29 is 19.8 Å². The first-order valence-electron chi connectivity index (χ1n) is 26.9. The Labute approximate surface area is 478 Å². The molecule has 4 aromatic rings. The molecule has 14 heteroatoms. The van der Waals surface area contributed by atoms with Gasteiger partial charge in [-0.05, 0) is 162 Å². The second-order valence-electron chi connectivity index (χ2n) is 20.9. The molecule has 0 aromatic heterocycles. The predicted octanol–water partition coefficient (Wildman–Crippen LogP) is 15.8. The lowest BCUT2D eigenvalue weighted by atomic mass is 9.85. The molecule has 8 bridgehead atoms. The van der Waals surface area contributed by atoms with Crippen LogP contribution in [0.5, 0.6) is 0 Å². The summed E-state index contributed by atoms with van der Waals surface area (Å²) in [5.74, 6) is 1.80. The van der Waals surface area contributed by atoms with Crippen molar-refractivity contribution in [2.45, 2.75) is 88.4 Å². The Balaban J connectivity index is 0.000000132. The highest BCUT2D eigenvalue weighted by atomic mass is 35.5. The number of para-hydroxylation sites is 4. The number of rotatable bonds is 10. The lowest BCUT2D eigenvalue weighted by Crippen LogP contribution is -2.39. The number of fused-ring (bicyclic) bond motifs is 8. The highest BCUT2D eigenvalue weighted by Gasteiger charge is 2.43. The molecule has 4 aliphatic carbocycles. The molecular weight excluding hydrogens is 1060 g/mol. The van der Waals surface area contributed by atoms with Crippen LogP contribution < -0.4 is 10.6 Å². The van der Waals surface area contributed by atoms with Crippen molar-refractivity contribution in [3.63, 3.8) is 0 Å². The van der Waals surface area contributed by atoms with Crippen LogP contribution >= 0.6 is 46.4 Å². The second kappa shape index (κ2) is 26.6. The fraction of sp³-hybridized carbons (Fsp3) is 0.312. The van der Waals surface area contributed by atoms with Gasteiger partial charge in [-0.15, -0.1) is 0 Å². The number of aliphatic imine (C=N–C) groups is 2. The minimum absolute atomic E-state index is 0.133. The fourth-order valence-electron chi connectivity index (χ4n) is 12.4. The van der Waals surface area contributed by atoms with Gasteiger partial charge in [0.05, 0.1) is 44.0 Å². The van der Waals surface area contributed by atoms with Gasteiger partial charge in [-0.2, -0.15) is 0 Å². The van der Waals surface area contributed by atoms with Crippen LogP contribution in [-0.4, -0.2) is 83.3 Å². The largest absolute Gasteiger partial charge is 0.515 e. The minimum atomic E-state index is 0.133. The molecule has 0 radical (unpaired) electrons. The third kappa shape index (κ3) is 12.6. The van der Waals surface area contributed by atoms with Crippen molar-refractivity contribution in [1.29, 1.82) is 0 Å². The second-order valence-corrected chi connectivity index (χ2v) is 22.4. The molecule has 404 valence electrons. The van der Waals surface area contributed by atoms with Crippen LogP contribution in [0.4, 0.5) is 22.7 Å². The molecule has 2 saturated carbocycles. The summed E-state index contributed by atoms with van der Waals surface area (Å²) in [4.78, 5) is 35.4. The van der Waals surface area contributed by atoms with Crippen LogP contribution in [-0.2, 0) is 9.59 Å². The van der Waals surface area contributed by atoms with Crippen molar-refractivity contribution in [1.82, 2.24) is 9.80 Å². The summed E-state index contributed by atoms with van der Waals surface area (Å²) in [5, 5.41) is 27.5. The zero-order valence-electron chi connectivity index (χ0n) is 43.9. The molecule has 4 aliphatic heterocycles. The Hall–Kier alpha value is -6.24. The Bertz CT molecular complexity index is 3110. The van der Waals surface area contributed by atoms with E-state index in [9.17, 15) is 9.59 Å². The van der Waals surface area contributed by atoms with Crippen LogP contribution in [0, 0.1) is 23.7 Å². The standard InChI is InChI=1S/C22H22ClN3.C22H21ClN2.C10H12ClNO2.C10H11ClO2/c1-26-20-12-13-21(26)19(15-25-17-10-6-3-7-11-17)22(23)18(20)14-24-16-8-4-2-5-9-16;23-22-20(14-24-18-7-3-1-4-8-18)16-11-12-17(13-16)21(22)15-25-19-9-5-2-6-10-19;1-12-8-2-3-9(12)7(5-14)10(11)6(8)4-13;11-10-8(4-12)6-1-2-7(3-6)9(10)5-13/h2-11,14-15,20-21,24H,12-13H2,1H3;1-10,14-17,24H,11-13H2;4-5,8-9,13H,2-3H2,1H3;4-7,12H,1-3H2/b18-14+,25-15?;20-14+,25-15?;6-4+;8-4+. The molecular formula is C64H66Cl4N6O4. The summed E-state index contributed by atoms with van der Waals surface area (Å²) in [7, 11) is 4.14. The van der Waals surface area contributed by atoms with Crippen molar-refractivity contribution in [3.8, 4) is 0 Å². The number of anilines is 2. The summed E-state index contributed by atoms with van der Waals surface area (Å²) in [6.07, 6.45) is 22.4. The molecule has 4 N–H and O–H groups in total. The first kappa shape index (κ1) is 56.5. The number of hydrogen-bond acceptors (Lipinski definition) is 10. The van der Waals surface area contributed by atoms with E-state index in [1.165, 1.54) is 30.4 Å². The smallest absolute Gasteiger partial charge is 0.149 e. The first-order valence-corrected chi connectivity index (χ1v) is 28.4. The van der Waals surface area contributed by atoms with E-state index < -0.39 is 0 Å². The number of hydrogen-bond donors (Lipinski definition) is 4. The molecule has 4 aromatic carbocycles. The van der Waals surface area contributed by atoms with E-state index in [1.807, 2.05) is 117 Å². The Kier molecular flexibility index (Phi) is 19.3. The molecule has 8 atom stereocenters. The van der Waals surface area contributed by atoms with E-state index >= 15 is 0 Å². The zero-order chi connectivity index (χ0) is 54.7. The summed E-state index contributed by atoms with van der Waals surface area (Å²) in [6.45, 7) is 0. The molecule has 4 fully saturated rings. The van der Waals surface area contributed by atoms with Crippen LogP contribution in [0.2, 0.25) is 0 Å². The Morgan fingerprint density at radius 2 is 0.808 bits per heavy atom. The lowest BCUT2D eigenvalue weighted by molar-refractivity contribution is -0.106. The van der Waals surface area contributed by atoms with Gasteiger partial charge in [0, 0.05) is 93.8 Å². The average Bonchev–Trinajstić information content (AvgIpc) is 4.37. The monoisotopic (exact) mass is 1120 g/mol. The number of aldehydes is 2. The number of nitrogens with one attached hydrogen (secondary N) is 2. The number of halogens is 4. The normalized spacial score (nSPS) is 28.3. The van der Waals surface area contributed by atoms with Crippen molar-refractivity contribution >= 4 is 94.2 Å². The number of carbonyl (C=O) groups is 2. The van der Waals surface area contributed by atoms with E-state index in [0.717, 1.165) is 120 Å². The van der Waals surface area contributed by atoms with Crippen LogP contribution in [0.3, 0.4) is 0 Å². The molecule has 0 amide bonds. The van der Waals surface area contributed by atoms with E-state index in [-0.39, 0.29) is 12.1 Å². The number of likely N-dealkylation sites (N-methyl/N-ethyl adjacent to an activating group) is 2. The highest BCUT2D eigenvalue weighted by Crippen LogP contribution is 2.50. The molecule has 10 nitrogen and oxygen atoms in total. The summed E-state index contributed by atoms with van der Waals surface area (Å²) in [5.41, 5.74) is 11.4. The SMILES string of the molecule is CN1C2CCC1/C(=C\Nc1ccccc1)C(Cl)=C2C=Nc1ccccc1.CN1C2CCC1/C(=C\O)C(Cl)=C2C=O.ClC1=C(C=Nc2ccccc2)C2CCC(C2)/C1=C\Nc1ccccc1.O=CC1=C(Cl)/C(=C/O)C2CCC1C2. The lowest BCUT2D eigenvalue weighted by Gasteiger charge is -2.34. The fourth-order valence-corrected chi connectivity index (χ4v) is 13.9. The van der Waals surface area contributed by atoms with Gasteiger partial charge in [0.15, 0.2) is 0 Å². The maximum Gasteiger partial charge on any atom is 0.149 e. The first-order chi connectivity index (χ1) is 38.0. The maximum absolute atomic E-state index is 10.9. The van der Waals surface area contributed by atoms with Gasteiger partial charge in [-0.25, -0.2) is 0 Å². The minimum Gasteiger partial charge on any atom is -0.515 e. The predicted molar refractivity (Wildman–Crippen MR) is 321 cm³/mol. The third-order valence-electron chi connectivity index (χ3n) is 16.6. The topological polar surface area (TPSA) is 130 Å². The van der Waals surface area contributed by atoms with Gasteiger partial charge < -0.3 is 20.8 Å². The number of aliphatic hydroxyl groups excluding tert-OH is 2. The molecule has 8 aliphatic rings.